The summed E-state index contributed by atoms with van der Waals surface area (Å²) in [6.45, 7) is 7.00. The van der Waals surface area contributed by atoms with Crippen LogP contribution in [0.2, 0.25) is 0 Å². The van der Waals surface area contributed by atoms with Crippen molar-refractivity contribution in [3.8, 4) is 0 Å². The van der Waals surface area contributed by atoms with Gasteiger partial charge in [-0.05, 0) is 30.2 Å². The monoisotopic (exact) mass is 292 g/mol. The molecule has 1 aromatic carbocycles. The van der Waals surface area contributed by atoms with Gasteiger partial charge >= 0.3 is 6.03 Å². The zero-order chi connectivity index (χ0) is 15.7. The summed E-state index contributed by atoms with van der Waals surface area (Å²) in [6, 6.07) is 10.2. The molecule has 3 N–H and O–H groups in total. The van der Waals surface area contributed by atoms with Crippen LogP contribution < -0.4 is 10.6 Å². The van der Waals surface area contributed by atoms with E-state index in [2.05, 4.69) is 36.6 Å². The van der Waals surface area contributed by atoms with Crippen molar-refractivity contribution in [1.29, 1.82) is 0 Å². The number of hydrogen-bond donors (Lipinski definition) is 3. The molecule has 0 aliphatic heterocycles. The summed E-state index contributed by atoms with van der Waals surface area (Å²) in [5.74, 6) is 0. The summed E-state index contributed by atoms with van der Waals surface area (Å²) >= 11 is 0. The lowest BCUT2D eigenvalue weighted by Gasteiger charge is -2.26. The summed E-state index contributed by atoms with van der Waals surface area (Å²) in [4.78, 5) is 11.9. The minimum Gasteiger partial charge on any atom is -0.396 e. The second-order valence-corrected chi connectivity index (χ2v) is 6.27. The maximum atomic E-state index is 11.9. The fraction of sp³-hybridized carbons (Fsp3) is 0.588. The van der Waals surface area contributed by atoms with E-state index in [9.17, 15) is 4.79 Å². The van der Waals surface area contributed by atoms with Crippen molar-refractivity contribution in [2.75, 3.05) is 13.2 Å². The number of benzene rings is 1. The van der Waals surface area contributed by atoms with Gasteiger partial charge in [-0.3, -0.25) is 0 Å². The molecule has 0 heterocycles. The molecule has 1 aromatic rings. The molecule has 0 fully saturated rings. The maximum Gasteiger partial charge on any atom is 0.315 e. The second-order valence-electron chi connectivity index (χ2n) is 6.27. The Morgan fingerprint density at radius 2 is 1.95 bits per heavy atom. The fourth-order valence-corrected chi connectivity index (χ4v) is 2.30. The first-order valence-electron chi connectivity index (χ1n) is 7.66. The zero-order valence-corrected chi connectivity index (χ0v) is 13.4. The molecule has 1 atom stereocenters. The van der Waals surface area contributed by atoms with Crippen LogP contribution in [0.3, 0.4) is 0 Å². The van der Waals surface area contributed by atoms with Crippen LogP contribution in [0.25, 0.3) is 0 Å². The third-order valence-corrected chi connectivity index (χ3v) is 3.56. The fourth-order valence-electron chi connectivity index (χ4n) is 2.30. The van der Waals surface area contributed by atoms with Crippen molar-refractivity contribution in [3.05, 3.63) is 35.9 Å². The summed E-state index contributed by atoms with van der Waals surface area (Å²) in [5.41, 5.74) is 1.27. The minimum absolute atomic E-state index is 0.00260. The van der Waals surface area contributed by atoms with E-state index in [-0.39, 0.29) is 24.1 Å². The van der Waals surface area contributed by atoms with Gasteiger partial charge in [0.25, 0.3) is 0 Å². The molecule has 1 unspecified atom stereocenters. The Hall–Kier alpha value is -1.55. The summed E-state index contributed by atoms with van der Waals surface area (Å²) in [5, 5.41) is 14.8. The second kappa shape index (κ2) is 8.67. The Labute approximate surface area is 128 Å². The smallest absolute Gasteiger partial charge is 0.315 e. The average Bonchev–Trinajstić information content (AvgIpc) is 2.45. The van der Waals surface area contributed by atoms with Crippen LogP contribution in [0.15, 0.2) is 30.3 Å². The first-order valence-corrected chi connectivity index (χ1v) is 7.66. The highest BCUT2D eigenvalue weighted by atomic mass is 16.3. The van der Waals surface area contributed by atoms with Crippen LogP contribution in [0.5, 0.6) is 0 Å². The molecule has 1 rings (SSSR count). The molecule has 0 saturated carbocycles. The molecule has 4 nitrogen and oxygen atoms in total. The van der Waals surface area contributed by atoms with Gasteiger partial charge < -0.3 is 15.7 Å². The molecule has 0 aliphatic rings. The van der Waals surface area contributed by atoms with Gasteiger partial charge in [0, 0.05) is 19.2 Å². The lowest BCUT2D eigenvalue weighted by Crippen LogP contribution is -2.45. The first kappa shape index (κ1) is 17.5. The van der Waals surface area contributed by atoms with Gasteiger partial charge in [0.2, 0.25) is 0 Å². The molecule has 0 spiro atoms. The van der Waals surface area contributed by atoms with E-state index in [1.165, 1.54) is 5.56 Å². The average molecular weight is 292 g/mol. The van der Waals surface area contributed by atoms with Crippen molar-refractivity contribution in [3.63, 3.8) is 0 Å². The van der Waals surface area contributed by atoms with Crippen molar-refractivity contribution in [2.24, 2.45) is 5.41 Å². The van der Waals surface area contributed by atoms with E-state index in [0.29, 0.717) is 13.0 Å². The van der Waals surface area contributed by atoms with Crippen LogP contribution in [-0.2, 0) is 6.42 Å². The number of aliphatic hydroxyl groups is 1. The van der Waals surface area contributed by atoms with Crippen molar-refractivity contribution < 1.29 is 9.90 Å². The Morgan fingerprint density at radius 3 is 2.52 bits per heavy atom. The van der Waals surface area contributed by atoms with Gasteiger partial charge in [-0.1, -0.05) is 51.1 Å². The van der Waals surface area contributed by atoms with Crippen LogP contribution >= 0.6 is 0 Å². The highest BCUT2D eigenvalue weighted by Crippen LogP contribution is 2.20. The third kappa shape index (κ3) is 7.14. The van der Waals surface area contributed by atoms with Gasteiger partial charge in [0.15, 0.2) is 0 Å². The van der Waals surface area contributed by atoms with Gasteiger partial charge in [0.05, 0.1) is 0 Å². The van der Waals surface area contributed by atoms with Crippen molar-refractivity contribution in [2.45, 2.75) is 46.1 Å². The minimum atomic E-state index is -0.156. The standard InChI is InChI=1S/C17H28N2O2/c1-4-15(10-11-20)19-16(21)18-13-17(2,3)12-14-8-6-5-7-9-14/h5-9,15,20H,4,10-13H2,1-3H3,(H2,18,19,21). The van der Waals surface area contributed by atoms with Crippen molar-refractivity contribution in [1.82, 2.24) is 10.6 Å². The van der Waals surface area contributed by atoms with Gasteiger partial charge in [-0.2, -0.15) is 0 Å². The summed E-state index contributed by atoms with van der Waals surface area (Å²) < 4.78 is 0. The number of nitrogens with one attached hydrogen (secondary N) is 2. The zero-order valence-electron chi connectivity index (χ0n) is 13.4. The predicted molar refractivity (Wildman–Crippen MR) is 86.2 cm³/mol. The molecule has 0 aliphatic carbocycles. The number of amides is 2. The van der Waals surface area contributed by atoms with Gasteiger partial charge in [-0.25, -0.2) is 4.79 Å². The van der Waals surface area contributed by atoms with Crippen LogP contribution in [0.4, 0.5) is 4.79 Å². The van der Waals surface area contributed by atoms with Crippen LogP contribution in [0.1, 0.15) is 39.2 Å². The molecule has 0 bridgehead atoms. The van der Waals surface area contributed by atoms with Crippen LogP contribution in [0, 0.1) is 5.41 Å². The lowest BCUT2D eigenvalue weighted by molar-refractivity contribution is 0.222. The molecule has 2 amide bonds. The highest BCUT2D eigenvalue weighted by molar-refractivity contribution is 5.74. The van der Waals surface area contributed by atoms with Gasteiger partial charge in [-0.15, -0.1) is 0 Å². The van der Waals surface area contributed by atoms with E-state index in [4.69, 9.17) is 5.11 Å². The summed E-state index contributed by atoms with van der Waals surface area (Å²) in [6.07, 6.45) is 2.33. The number of carbonyl (C=O) groups is 1. The van der Waals surface area contributed by atoms with E-state index >= 15 is 0 Å². The first-order chi connectivity index (χ1) is 9.96. The Bertz CT molecular complexity index is 418. The van der Waals surface area contributed by atoms with Crippen LogP contribution in [-0.4, -0.2) is 30.3 Å². The quantitative estimate of drug-likeness (QED) is 0.690. The maximum absolute atomic E-state index is 11.9. The number of carbonyl (C=O) groups excluding carboxylic acids is 1. The normalized spacial score (nSPS) is 12.8. The molecule has 21 heavy (non-hydrogen) atoms. The molecule has 0 aromatic heterocycles. The molecule has 118 valence electrons. The van der Waals surface area contributed by atoms with E-state index in [1.807, 2.05) is 25.1 Å². The lowest BCUT2D eigenvalue weighted by atomic mass is 9.86. The predicted octanol–water partition coefficient (Wildman–Crippen LogP) is 2.72. The number of rotatable bonds is 8. The molecule has 0 saturated heterocycles. The topological polar surface area (TPSA) is 61.4 Å². The molecule has 4 heteroatoms. The molecule has 0 radical (unpaired) electrons. The molecular weight excluding hydrogens is 264 g/mol. The third-order valence-electron chi connectivity index (χ3n) is 3.56. The molecular formula is C17H28N2O2. The largest absolute Gasteiger partial charge is 0.396 e. The SMILES string of the molecule is CCC(CCO)NC(=O)NCC(C)(C)Cc1ccccc1. The Kier molecular flexibility index (Phi) is 7.23. The van der Waals surface area contributed by atoms with E-state index in [1.54, 1.807) is 0 Å². The highest BCUT2D eigenvalue weighted by Gasteiger charge is 2.20. The van der Waals surface area contributed by atoms with Crippen molar-refractivity contribution >= 4 is 6.03 Å². The van der Waals surface area contributed by atoms with E-state index < -0.39 is 0 Å². The van der Waals surface area contributed by atoms with Gasteiger partial charge in [0.1, 0.15) is 0 Å². The summed E-state index contributed by atoms with van der Waals surface area (Å²) in [7, 11) is 0. The number of urea groups is 1. The number of aliphatic hydroxyl groups excluding tert-OH is 1. The number of hydrogen-bond acceptors (Lipinski definition) is 2. The van der Waals surface area contributed by atoms with E-state index in [0.717, 1.165) is 12.8 Å². The Balaban J connectivity index is 2.40. The Morgan fingerprint density at radius 1 is 1.29 bits per heavy atom.